The summed E-state index contributed by atoms with van der Waals surface area (Å²) in [6.45, 7) is 4.34. The maximum Gasteiger partial charge on any atom is 0.322 e. The van der Waals surface area contributed by atoms with E-state index in [0.29, 0.717) is 16.0 Å². The third-order valence-corrected chi connectivity index (χ3v) is 9.03. The molecule has 6 rings (SSSR count). The fourth-order valence-corrected chi connectivity index (χ4v) is 6.54. The number of anilines is 3. The third-order valence-electron chi connectivity index (χ3n) is 7.41. The molecule has 0 radical (unpaired) electrons. The smallest absolute Gasteiger partial charge is 0.322 e. The minimum absolute atomic E-state index is 0.00458. The number of halogens is 1. The van der Waals surface area contributed by atoms with Crippen LogP contribution in [0.1, 0.15) is 12.8 Å². The van der Waals surface area contributed by atoms with Gasteiger partial charge >= 0.3 is 6.47 Å². The van der Waals surface area contributed by atoms with E-state index < -0.39 is 20.7 Å². The molecule has 5 aromatic rings. The lowest BCUT2D eigenvalue weighted by Crippen LogP contribution is -2.31. The van der Waals surface area contributed by atoms with Crippen molar-refractivity contribution in [2.24, 2.45) is 0 Å². The summed E-state index contributed by atoms with van der Waals surface area (Å²) in [5, 5.41) is 4.31. The van der Waals surface area contributed by atoms with Crippen LogP contribution in [-0.2, 0) is 26.2 Å². The molecular weight excluding hydrogens is 571 g/mol. The molecule has 1 aliphatic rings. The first-order chi connectivity index (χ1) is 20.9. The van der Waals surface area contributed by atoms with Gasteiger partial charge in [-0.25, -0.2) is 14.4 Å². The second kappa shape index (κ2) is 12.2. The quantitative estimate of drug-likeness (QED) is 0.159. The molecular formula is C31H29FN6O4S. The molecule has 2 aromatic heterocycles. The van der Waals surface area contributed by atoms with Gasteiger partial charge in [0.1, 0.15) is 22.9 Å². The fraction of sp³-hybridized carbons (Fsp3) is 0.194. The first-order valence-electron chi connectivity index (χ1n) is 13.8. The Morgan fingerprint density at radius 3 is 2.51 bits per heavy atom. The lowest BCUT2D eigenvalue weighted by Gasteiger charge is -2.21. The van der Waals surface area contributed by atoms with E-state index in [-0.39, 0.29) is 12.2 Å². The zero-order valence-corrected chi connectivity index (χ0v) is 24.0. The van der Waals surface area contributed by atoms with Gasteiger partial charge in [-0.15, -0.1) is 0 Å². The van der Waals surface area contributed by atoms with Crippen molar-refractivity contribution >= 4 is 44.6 Å². The van der Waals surface area contributed by atoms with Crippen LogP contribution in [0.25, 0.3) is 22.2 Å². The van der Waals surface area contributed by atoms with Crippen LogP contribution in [0.3, 0.4) is 0 Å². The summed E-state index contributed by atoms with van der Waals surface area (Å²) in [6, 6.07) is 21.1. The van der Waals surface area contributed by atoms with Crippen LogP contribution in [0.5, 0.6) is 0 Å². The van der Waals surface area contributed by atoms with Crippen LogP contribution in [0.15, 0.2) is 96.3 Å². The van der Waals surface area contributed by atoms with E-state index in [0.717, 1.165) is 41.9 Å². The highest BCUT2D eigenvalue weighted by Gasteiger charge is 2.29. The molecule has 43 heavy (non-hydrogen) atoms. The molecule has 0 saturated carbocycles. The lowest BCUT2D eigenvalue weighted by molar-refractivity contribution is -0.128. The number of hydrogen-bond donors (Lipinski definition) is 1. The van der Waals surface area contributed by atoms with E-state index in [1.807, 2.05) is 12.1 Å². The van der Waals surface area contributed by atoms with Gasteiger partial charge in [-0.3, -0.25) is 4.79 Å². The normalized spacial score (nSPS) is 13.7. The van der Waals surface area contributed by atoms with E-state index in [2.05, 4.69) is 49.1 Å². The van der Waals surface area contributed by atoms with Gasteiger partial charge in [0, 0.05) is 47.5 Å². The Morgan fingerprint density at radius 2 is 1.74 bits per heavy atom. The number of fused-ring (bicyclic) bond motifs is 1. The molecule has 1 fully saturated rings. The Balaban J connectivity index is 1.18. The monoisotopic (exact) mass is 600 g/mol. The summed E-state index contributed by atoms with van der Waals surface area (Å²) in [5.41, 5.74) is 3.46. The number of aromatic nitrogens is 3. The van der Waals surface area contributed by atoms with Crippen LogP contribution in [0.2, 0.25) is 0 Å². The van der Waals surface area contributed by atoms with Crippen molar-refractivity contribution in [2.75, 3.05) is 29.4 Å². The largest absolute Gasteiger partial charge is 0.346 e. The van der Waals surface area contributed by atoms with Crippen molar-refractivity contribution < 1.29 is 22.4 Å². The van der Waals surface area contributed by atoms with Crippen LogP contribution in [0.4, 0.5) is 21.6 Å². The minimum atomic E-state index is -4.52. The first kappa shape index (κ1) is 28.3. The fourth-order valence-electron chi connectivity index (χ4n) is 5.25. The molecule has 10 nitrogen and oxygen atoms in total. The molecule has 0 aliphatic carbocycles. The van der Waals surface area contributed by atoms with Gasteiger partial charge in [0.25, 0.3) is 10.0 Å². The number of carbonyl (C=O) groups excluding carboxylic acids is 1. The number of benzene rings is 3. The number of nitrogens with one attached hydrogen (secondary N) is 1. The first-order valence-corrected chi connectivity index (χ1v) is 15.3. The molecule has 0 unspecified atom stereocenters. The van der Waals surface area contributed by atoms with E-state index in [4.69, 9.17) is 4.84 Å². The summed E-state index contributed by atoms with van der Waals surface area (Å²) >= 11 is 0. The predicted molar refractivity (Wildman–Crippen MR) is 162 cm³/mol. The summed E-state index contributed by atoms with van der Waals surface area (Å²) in [7, 11) is -4.52. The summed E-state index contributed by atoms with van der Waals surface area (Å²) in [4.78, 5) is 26.5. The maximum absolute atomic E-state index is 14.3. The average molecular weight is 601 g/mol. The summed E-state index contributed by atoms with van der Waals surface area (Å²) in [6.07, 6.45) is 6.17. The van der Waals surface area contributed by atoms with Crippen LogP contribution in [0, 0.1) is 5.82 Å². The second-order valence-electron chi connectivity index (χ2n) is 10.2. The summed E-state index contributed by atoms with van der Waals surface area (Å²) in [5.74, 6) is -0.435. The van der Waals surface area contributed by atoms with Crippen LogP contribution in [-0.4, -0.2) is 54.0 Å². The van der Waals surface area contributed by atoms with Crippen molar-refractivity contribution in [3.05, 3.63) is 97.2 Å². The Labute approximate surface area is 248 Å². The third kappa shape index (κ3) is 6.06. The second-order valence-corrected chi connectivity index (χ2v) is 11.9. The summed E-state index contributed by atoms with van der Waals surface area (Å²) < 4.78 is 43.0. The molecule has 220 valence electrons. The molecule has 3 heterocycles. The van der Waals surface area contributed by atoms with Gasteiger partial charge < -0.3 is 19.6 Å². The Kier molecular flexibility index (Phi) is 8.03. The molecule has 3 aromatic carbocycles. The highest BCUT2D eigenvalue weighted by Crippen LogP contribution is 2.29. The Hall–Kier alpha value is -4.81. The minimum Gasteiger partial charge on any atom is -0.346 e. The van der Waals surface area contributed by atoms with Crippen LogP contribution >= 0.6 is 0 Å². The molecule has 0 amide bonds. The number of rotatable bonds is 11. The van der Waals surface area contributed by atoms with Crippen molar-refractivity contribution in [1.82, 2.24) is 19.4 Å². The van der Waals surface area contributed by atoms with Crippen molar-refractivity contribution in [3.8, 4) is 11.3 Å². The molecule has 0 bridgehead atoms. The van der Waals surface area contributed by atoms with E-state index in [9.17, 15) is 17.6 Å². The Bertz CT molecular complexity index is 1860. The number of hydrogen-bond acceptors (Lipinski definition) is 8. The molecule has 1 saturated heterocycles. The predicted octanol–water partition coefficient (Wildman–Crippen LogP) is 5.36. The van der Waals surface area contributed by atoms with Crippen LogP contribution < -0.4 is 9.79 Å². The molecule has 1 N–H and O–H groups in total. The average Bonchev–Trinajstić information content (AvgIpc) is 3.69. The number of nitrogens with zero attached hydrogens (tertiary/aromatic N) is 5. The van der Waals surface area contributed by atoms with Gasteiger partial charge in [0.05, 0.1) is 11.4 Å². The molecule has 0 atom stereocenters. The standard InChI is InChI=1S/C31H29FN6O4S/c32-27-5-1-2-6-30(27)43(40,41)38(42-22-39)26-10-8-25(9-11-26)35-31-20-28(33-21-34-31)23-7-12-29-24(19-23)13-16-37(29)18-17-36-14-3-4-15-36/h1-2,5-13,16,19-22H,3-4,14-15,17-18H2,(H,33,34,35). The van der Waals surface area contributed by atoms with E-state index in [1.165, 1.54) is 62.0 Å². The molecule has 1 aliphatic heterocycles. The van der Waals surface area contributed by atoms with Gasteiger partial charge in [0.2, 0.25) is 0 Å². The Morgan fingerprint density at radius 1 is 0.953 bits per heavy atom. The maximum atomic E-state index is 14.3. The SMILES string of the molecule is O=CON(c1ccc(Nc2cc(-c3ccc4c(ccn4CCN4CCCC4)c3)ncn2)cc1)S(=O)(=O)c1ccccc1F. The number of sulfonamides is 1. The van der Waals surface area contributed by atoms with Gasteiger partial charge in [0.15, 0.2) is 0 Å². The van der Waals surface area contributed by atoms with Gasteiger partial charge in [-0.2, -0.15) is 8.42 Å². The zero-order valence-electron chi connectivity index (χ0n) is 23.1. The topological polar surface area (TPSA) is 110 Å². The van der Waals surface area contributed by atoms with Crippen molar-refractivity contribution in [1.29, 1.82) is 0 Å². The van der Waals surface area contributed by atoms with E-state index >= 15 is 0 Å². The highest BCUT2D eigenvalue weighted by molar-refractivity contribution is 7.92. The van der Waals surface area contributed by atoms with Crippen molar-refractivity contribution in [2.45, 2.75) is 24.3 Å². The van der Waals surface area contributed by atoms with Gasteiger partial charge in [-0.1, -0.05) is 22.7 Å². The van der Waals surface area contributed by atoms with E-state index in [1.54, 1.807) is 12.1 Å². The van der Waals surface area contributed by atoms with Crippen molar-refractivity contribution in [3.63, 3.8) is 0 Å². The molecule has 0 spiro atoms. The highest BCUT2D eigenvalue weighted by atomic mass is 32.2. The lowest BCUT2D eigenvalue weighted by atomic mass is 10.1. The molecule has 12 heteroatoms. The number of likely N-dealkylation sites (tertiary alicyclic amines) is 1. The van der Waals surface area contributed by atoms with Gasteiger partial charge in [-0.05, 0) is 80.5 Å². The number of carbonyl (C=O) groups is 1. The zero-order chi connectivity index (χ0) is 29.8.